The Hall–Kier alpha value is -0.130. The quantitative estimate of drug-likeness (QED) is 0.389. The van der Waals surface area contributed by atoms with Gasteiger partial charge in [-0.25, -0.2) is 0 Å². The van der Waals surface area contributed by atoms with E-state index >= 15 is 0 Å². The van der Waals surface area contributed by atoms with Crippen LogP contribution in [0.2, 0.25) is 0 Å². The summed E-state index contributed by atoms with van der Waals surface area (Å²) in [6, 6.07) is 0. The van der Waals surface area contributed by atoms with Crippen molar-refractivity contribution in [3.05, 3.63) is 0 Å². The minimum absolute atomic E-state index is 0.0426. The summed E-state index contributed by atoms with van der Waals surface area (Å²) >= 11 is 0. The minimum Gasteiger partial charge on any atom is -0.198 e. The third kappa shape index (κ3) is 14.1. The summed E-state index contributed by atoms with van der Waals surface area (Å²) in [6.45, 7) is 2.24. The maximum Gasteiger partial charge on any atom is 0.283 e. The summed E-state index contributed by atoms with van der Waals surface area (Å²) in [5.41, 5.74) is 0. The molecule has 0 unspecified atom stereocenters. The normalized spacial score (nSPS) is 11.9. The van der Waals surface area contributed by atoms with Crippen LogP contribution >= 0.6 is 0 Å². The highest BCUT2D eigenvalue weighted by Crippen LogP contribution is 2.12. The first-order chi connectivity index (χ1) is 9.12. The van der Waals surface area contributed by atoms with Crippen LogP contribution in [0.15, 0.2) is 0 Å². The first kappa shape index (κ1) is 18.9. The number of nitrogens with two attached hydrogens (primary N) is 1. The van der Waals surface area contributed by atoms with Gasteiger partial charge < -0.3 is 0 Å². The molecule has 5 heteroatoms. The molecule has 0 radical (unpaired) electrons. The summed E-state index contributed by atoms with van der Waals surface area (Å²) in [6.07, 6.45) is 14.7. The average molecular weight is 293 g/mol. The molecule has 0 atom stereocenters. The van der Waals surface area contributed by atoms with Crippen molar-refractivity contribution < 1.29 is 12.7 Å². The second-order valence-corrected chi connectivity index (χ2v) is 6.96. The monoisotopic (exact) mass is 293 g/mol. The van der Waals surface area contributed by atoms with Gasteiger partial charge in [0.05, 0.1) is 5.75 Å². The highest BCUT2D eigenvalue weighted by Gasteiger charge is 2.07. The highest BCUT2D eigenvalue weighted by atomic mass is 32.2. The standard InChI is InChI=1S/C14H31NO3S/c1-2-3-4-5-6-7-8-9-10-11-12-13-14-19(16,17)18-15/h2-15H2,1H3. The first-order valence-electron chi connectivity index (χ1n) is 7.73. The zero-order valence-corrected chi connectivity index (χ0v) is 13.2. The van der Waals surface area contributed by atoms with Crippen LogP contribution in [-0.2, 0) is 14.4 Å². The zero-order valence-electron chi connectivity index (χ0n) is 12.4. The van der Waals surface area contributed by atoms with Gasteiger partial charge in [0.2, 0.25) is 0 Å². The van der Waals surface area contributed by atoms with Gasteiger partial charge in [-0.1, -0.05) is 77.6 Å². The predicted molar refractivity (Wildman–Crippen MR) is 80.1 cm³/mol. The Morgan fingerprint density at radius 2 is 1.11 bits per heavy atom. The van der Waals surface area contributed by atoms with Crippen molar-refractivity contribution in [2.24, 2.45) is 5.90 Å². The third-order valence-electron chi connectivity index (χ3n) is 3.39. The van der Waals surface area contributed by atoms with Crippen molar-refractivity contribution in [1.29, 1.82) is 0 Å². The molecule has 0 aromatic heterocycles. The van der Waals surface area contributed by atoms with Crippen molar-refractivity contribution in [3.8, 4) is 0 Å². The van der Waals surface area contributed by atoms with E-state index in [1.807, 2.05) is 0 Å². The van der Waals surface area contributed by atoms with Crippen molar-refractivity contribution in [1.82, 2.24) is 0 Å². The van der Waals surface area contributed by atoms with Crippen LogP contribution in [0.25, 0.3) is 0 Å². The highest BCUT2D eigenvalue weighted by molar-refractivity contribution is 7.86. The van der Waals surface area contributed by atoms with Gasteiger partial charge in [-0.2, -0.15) is 18.6 Å². The molecule has 0 aliphatic rings. The molecule has 0 saturated heterocycles. The van der Waals surface area contributed by atoms with Gasteiger partial charge in [-0.3, -0.25) is 0 Å². The predicted octanol–water partition coefficient (Wildman–Crippen LogP) is 3.91. The molecule has 4 nitrogen and oxygen atoms in total. The molecule has 0 aliphatic carbocycles. The molecule has 0 saturated carbocycles. The second-order valence-electron chi connectivity index (χ2n) is 5.25. The van der Waals surface area contributed by atoms with Crippen LogP contribution < -0.4 is 5.90 Å². The topological polar surface area (TPSA) is 69.4 Å². The lowest BCUT2D eigenvalue weighted by Crippen LogP contribution is -2.14. The second kappa shape index (κ2) is 12.9. The average Bonchev–Trinajstić information content (AvgIpc) is 2.40. The van der Waals surface area contributed by atoms with E-state index in [1.165, 1.54) is 57.8 Å². The van der Waals surface area contributed by atoms with E-state index in [9.17, 15) is 8.42 Å². The Morgan fingerprint density at radius 1 is 0.737 bits per heavy atom. The molecule has 0 aliphatic heterocycles. The van der Waals surface area contributed by atoms with Gasteiger partial charge in [-0.05, 0) is 6.42 Å². The summed E-state index contributed by atoms with van der Waals surface area (Å²) in [5.74, 6) is 4.70. The van der Waals surface area contributed by atoms with E-state index in [1.54, 1.807) is 0 Å². The van der Waals surface area contributed by atoms with Crippen LogP contribution in [0.3, 0.4) is 0 Å². The van der Waals surface area contributed by atoms with Crippen LogP contribution in [0.4, 0.5) is 0 Å². The van der Waals surface area contributed by atoms with Gasteiger partial charge in [-0.15, -0.1) is 0 Å². The van der Waals surface area contributed by atoms with Gasteiger partial charge in [0.1, 0.15) is 0 Å². The molecule has 0 fully saturated rings. The molecule has 0 spiro atoms. The summed E-state index contributed by atoms with van der Waals surface area (Å²) in [7, 11) is -3.45. The molecule has 0 amide bonds. The number of rotatable bonds is 14. The minimum atomic E-state index is -3.45. The SMILES string of the molecule is CCCCCCCCCCCCCCS(=O)(=O)ON. The summed E-state index contributed by atoms with van der Waals surface area (Å²) in [4.78, 5) is 0. The molecule has 0 rings (SSSR count). The fourth-order valence-electron chi connectivity index (χ4n) is 2.17. The molecule has 2 N–H and O–H groups in total. The van der Waals surface area contributed by atoms with Crippen LogP contribution in [0, 0.1) is 0 Å². The van der Waals surface area contributed by atoms with E-state index in [-0.39, 0.29) is 5.75 Å². The van der Waals surface area contributed by atoms with Crippen molar-refractivity contribution in [2.75, 3.05) is 5.75 Å². The smallest absolute Gasteiger partial charge is 0.198 e. The Bertz CT molecular complexity index is 278. The molecule has 116 valence electrons. The van der Waals surface area contributed by atoms with Crippen LogP contribution in [0.5, 0.6) is 0 Å². The number of hydrogen-bond acceptors (Lipinski definition) is 4. The van der Waals surface area contributed by atoms with Crippen LogP contribution in [0.1, 0.15) is 84.0 Å². The lowest BCUT2D eigenvalue weighted by atomic mass is 10.1. The molecule has 0 aromatic carbocycles. The summed E-state index contributed by atoms with van der Waals surface area (Å²) in [5, 5.41) is 0. The molecular weight excluding hydrogens is 262 g/mol. The van der Waals surface area contributed by atoms with Gasteiger partial charge >= 0.3 is 0 Å². The third-order valence-corrected chi connectivity index (χ3v) is 4.48. The number of hydrogen-bond donors (Lipinski definition) is 1. The van der Waals surface area contributed by atoms with Crippen molar-refractivity contribution in [2.45, 2.75) is 84.0 Å². The largest absolute Gasteiger partial charge is 0.283 e. The van der Waals surface area contributed by atoms with Crippen molar-refractivity contribution >= 4 is 10.1 Å². The molecule has 0 bridgehead atoms. The molecule has 0 heterocycles. The van der Waals surface area contributed by atoms with E-state index in [2.05, 4.69) is 17.1 Å². The Labute approximate surface area is 119 Å². The lowest BCUT2D eigenvalue weighted by molar-refractivity contribution is 0.332. The fraction of sp³-hybridized carbons (Fsp3) is 1.00. The molecule has 19 heavy (non-hydrogen) atoms. The van der Waals surface area contributed by atoms with Gasteiger partial charge in [0.25, 0.3) is 10.1 Å². The lowest BCUT2D eigenvalue weighted by Gasteiger charge is -2.03. The van der Waals surface area contributed by atoms with E-state index < -0.39 is 10.1 Å². The number of unbranched alkanes of at least 4 members (excludes halogenated alkanes) is 11. The van der Waals surface area contributed by atoms with Gasteiger partial charge in [0.15, 0.2) is 0 Å². The van der Waals surface area contributed by atoms with Crippen molar-refractivity contribution in [3.63, 3.8) is 0 Å². The van der Waals surface area contributed by atoms with E-state index in [4.69, 9.17) is 0 Å². The summed E-state index contributed by atoms with van der Waals surface area (Å²) < 4.78 is 25.8. The van der Waals surface area contributed by atoms with E-state index in [0.717, 1.165) is 12.8 Å². The zero-order chi connectivity index (χ0) is 14.4. The Kier molecular flexibility index (Phi) is 12.8. The Morgan fingerprint density at radius 3 is 1.47 bits per heavy atom. The first-order valence-corrected chi connectivity index (χ1v) is 9.31. The maximum atomic E-state index is 10.9. The van der Waals surface area contributed by atoms with E-state index in [0.29, 0.717) is 6.42 Å². The van der Waals surface area contributed by atoms with Crippen LogP contribution in [-0.4, -0.2) is 14.2 Å². The fourth-order valence-corrected chi connectivity index (χ4v) is 2.82. The Balaban J connectivity index is 3.11. The molecule has 0 aromatic rings. The maximum absolute atomic E-state index is 10.9. The van der Waals surface area contributed by atoms with Gasteiger partial charge in [0, 0.05) is 0 Å². The molecular formula is C14H31NO3S.